The Kier molecular flexibility index (Phi) is 3.17. The second-order valence-electron chi connectivity index (χ2n) is 3.53. The summed E-state index contributed by atoms with van der Waals surface area (Å²) in [7, 11) is 0. The monoisotopic (exact) mass is 220 g/mol. The Bertz CT molecular complexity index is 445. The minimum atomic E-state index is -0.169. The molecule has 0 aliphatic rings. The third kappa shape index (κ3) is 2.45. The molecule has 2 rings (SSSR count). The van der Waals surface area contributed by atoms with Crippen LogP contribution in [0.5, 0.6) is 0 Å². The van der Waals surface area contributed by atoms with Gasteiger partial charge in [-0.1, -0.05) is 25.5 Å². The number of thiophene rings is 1. The highest BCUT2D eigenvalue weighted by atomic mass is 32.1. The number of benzene rings is 1. The summed E-state index contributed by atoms with van der Waals surface area (Å²) in [4.78, 5) is 2.52. The summed E-state index contributed by atoms with van der Waals surface area (Å²) >= 11 is 1.75. The number of hydrogen-bond acceptors (Lipinski definition) is 1. The molecule has 0 spiro atoms. The molecule has 78 valence electrons. The molecule has 0 bridgehead atoms. The van der Waals surface area contributed by atoms with Crippen molar-refractivity contribution in [2.24, 2.45) is 0 Å². The lowest BCUT2D eigenvalue weighted by atomic mass is 10.2. The zero-order valence-electron chi connectivity index (χ0n) is 8.66. The van der Waals surface area contributed by atoms with Crippen molar-refractivity contribution in [2.45, 2.75) is 19.8 Å². The number of hydrogen-bond donors (Lipinski definition) is 0. The van der Waals surface area contributed by atoms with Gasteiger partial charge in [0.1, 0.15) is 5.82 Å². The summed E-state index contributed by atoms with van der Waals surface area (Å²) in [5, 5.41) is 0. The molecular formula is C13H13FS. The van der Waals surface area contributed by atoms with Crippen LogP contribution in [-0.2, 0) is 6.42 Å². The first-order chi connectivity index (χ1) is 7.29. The van der Waals surface area contributed by atoms with Crippen molar-refractivity contribution in [1.82, 2.24) is 0 Å². The maximum atomic E-state index is 13.0. The van der Waals surface area contributed by atoms with Crippen LogP contribution in [0.25, 0.3) is 10.4 Å². The van der Waals surface area contributed by atoms with Gasteiger partial charge in [0.15, 0.2) is 0 Å². The predicted octanol–water partition coefficient (Wildman–Crippen LogP) is 4.51. The van der Waals surface area contributed by atoms with Gasteiger partial charge in [0, 0.05) is 9.75 Å². The first-order valence-electron chi connectivity index (χ1n) is 5.14. The molecule has 0 amide bonds. The highest BCUT2D eigenvalue weighted by molar-refractivity contribution is 7.15. The van der Waals surface area contributed by atoms with Gasteiger partial charge in [-0.25, -0.2) is 4.39 Å². The smallest absolute Gasteiger partial charge is 0.123 e. The molecule has 15 heavy (non-hydrogen) atoms. The van der Waals surface area contributed by atoms with Gasteiger partial charge in [-0.15, -0.1) is 11.3 Å². The Morgan fingerprint density at radius 2 is 2.07 bits per heavy atom. The van der Waals surface area contributed by atoms with Gasteiger partial charge < -0.3 is 0 Å². The van der Waals surface area contributed by atoms with E-state index in [4.69, 9.17) is 0 Å². The SMILES string of the molecule is CCCc1ccc(-c2cccc(F)c2)s1. The molecule has 1 aromatic carbocycles. The molecule has 0 fully saturated rings. The van der Waals surface area contributed by atoms with Crippen LogP contribution < -0.4 is 0 Å². The van der Waals surface area contributed by atoms with Crippen LogP contribution in [0, 0.1) is 5.82 Å². The summed E-state index contributed by atoms with van der Waals surface area (Å²) in [6.07, 6.45) is 2.27. The zero-order chi connectivity index (χ0) is 10.7. The van der Waals surface area contributed by atoms with Gasteiger partial charge in [-0.3, -0.25) is 0 Å². The fourth-order valence-electron chi connectivity index (χ4n) is 1.56. The number of aryl methyl sites for hydroxylation is 1. The van der Waals surface area contributed by atoms with Crippen molar-refractivity contribution in [1.29, 1.82) is 0 Å². The first-order valence-corrected chi connectivity index (χ1v) is 5.96. The van der Waals surface area contributed by atoms with E-state index in [2.05, 4.69) is 19.1 Å². The van der Waals surface area contributed by atoms with Crippen molar-refractivity contribution >= 4 is 11.3 Å². The summed E-state index contributed by atoms with van der Waals surface area (Å²) in [5.74, 6) is -0.169. The molecule has 0 nitrogen and oxygen atoms in total. The van der Waals surface area contributed by atoms with Crippen LogP contribution in [0.1, 0.15) is 18.2 Å². The van der Waals surface area contributed by atoms with E-state index >= 15 is 0 Å². The highest BCUT2D eigenvalue weighted by Crippen LogP contribution is 2.28. The molecule has 0 aliphatic heterocycles. The Balaban J connectivity index is 2.29. The largest absolute Gasteiger partial charge is 0.207 e. The zero-order valence-corrected chi connectivity index (χ0v) is 9.48. The third-order valence-corrected chi connectivity index (χ3v) is 3.46. The molecule has 0 unspecified atom stereocenters. The van der Waals surface area contributed by atoms with Gasteiger partial charge in [0.25, 0.3) is 0 Å². The normalized spacial score (nSPS) is 10.5. The Hall–Kier alpha value is -1.15. The Labute approximate surface area is 93.4 Å². The molecule has 0 radical (unpaired) electrons. The van der Waals surface area contributed by atoms with E-state index in [0.717, 1.165) is 23.3 Å². The van der Waals surface area contributed by atoms with Gasteiger partial charge in [-0.05, 0) is 36.2 Å². The van der Waals surface area contributed by atoms with Gasteiger partial charge in [-0.2, -0.15) is 0 Å². The van der Waals surface area contributed by atoms with Crippen LogP contribution in [0.15, 0.2) is 36.4 Å². The van der Waals surface area contributed by atoms with E-state index in [1.807, 2.05) is 6.07 Å². The van der Waals surface area contributed by atoms with Crippen LogP contribution in [0.4, 0.5) is 4.39 Å². The van der Waals surface area contributed by atoms with Crippen molar-refractivity contribution in [3.8, 4) is 10.4 Å². The molecule has 0 atom stereocenters. The maximum Gasteiger partial charge on any atom is 0.123 e. The quantitative estimate of drug-likeness (QED) is 0.714. The standard InChI is InChI=1S/C13H13FS/c1-2-4-12-7-8-13(15-12)10-5-3-6-11(14)9-10/h3,5-9H,2,4H2,1H3. The molecule has 0 aliphatic carbocycles. The van der Waals surface area contributed by atoms with Gasteiger partial charge in [0.2, 0.25) is 0 Å². The molecule has 0 saturated carbocycles. The van der Waals surface area contributed by atoms with Crippen LogP contribution >= 0.6 is 11.3 Å². The van der Waals surface area contributed by atoms with E-state index in [1.165, 1.54) is 10.9 Å². The molecular weight excluding hydrogens is 207 g/mol. The fourth-order valence-corrected chi connectivity index (χ4v) is 2.66. The van der Waals surface area contributed by atoms with E-state index in [-0.39, 0.29) is 5.82 Å². The van der Waals surface area contributed by atoms with Crippen molar-refractivity contribution in [3.05, 3.63) is 47.1 Å². The summed E-state index contributed by atoms with van der Waals surface area (Å²) in [6, 6.07) is 11.0. The van der Waals surface area contributed by atoms with Crippen LogP contribution in [0.3, 0.4) is 0 Å². The van der Waals surface area contributed by atoms with Gasteiger partial charge in [0.05, 0.1) is 0 Å². The minimum Gasteiger partial charge on any atom is -0.207 e. The fraction of sp³-hybridized carbons (Fsp3) is 0.231. The lowest BCUT2D eigenvalue weighted by Gasteiger charge is -1.96. The third-order valence-electron chi connectivity index (χ3n) is 2.27. The molecule has 1 aromatic heterocycles. The van der Waals surface area contributed by atoms with Crippen LogP contribution in [0.2, 0.25) is 0 Å². The average Bonchev–Trinajstić information content (AvgIpc) is 2.67. The summed E-state index contributed by atoms with van der Waals surface area (Å²) in [6.45, 7) is 2.17. The van der Waals surface area contributed by atoms with E-state index in [0.29, 0.717) is 0 Å². The maximum absolute atomic E-state index is 13.0. The van der Waals surface area contributed by atoms with Crippen molar-refractivity contribution in [2.75, 3.05) is 0 Å². The Morgan fingerprint density at radius 3 is 2.80 bits per heavy atom. The number of rotatable bonds is 3. The van der Waals surface area contributed by atoms with E-state index in [9.17, 15) is 4.39 Å². The van der Waals surface area contributed by atoms with Crippen molar-refractivity contribution < 1.29 is 4.39 Å². The molecule has 1 heterocycles. The minimum absolute atomic E-state index is 0.169. The molecule has 2 aromatic rings. The Morgan fingerprint density at radius 1 is 1.20 bits per heavy atom. The van der Waals surface area contributed by atoms with E-state index < -0.39 is 0 Å². The second kappa shape index (κ2) is 4.58. The highest BCUT2D eigenvalue weighted by Gasteiger charge is 2.02. The lowest BCUT2D eigenvalue weighted by Crippen LogP contribution is -1.75. The molecule has 0 N–H and O–H groups in total. The first kappa shape index (κ1) is 10.4. The topological polar surface area (TPSA) is 0 Å². The van der Waals surface area contributed by atoms with E-state index in [1.54, 1.807) is 23.5 Å². The van der Waals surface area contributed by atoms with Crippen LogP contribution in [-0.4, -0.2) is 0 Å². The average molecular weight is 220 g/mol. The van der Waals surface area contributed by atoms with Crippen molar-refractivity contribution in [3.63, 3.8) is 0 Å². The number of halogens is 1. The predicted molar refractivity (Wildman–Crippen MR) is 63.7 cm³/mol. The molecule has 0 saturated heterocycles. The summed E-state index contributed by atoms with van der Waals surface area (Å²) in [5.41, 5.74) is 0.974. The summed E-state index contributed by atoms with van der Waals surface area (Å²) < 4.78 is 13.0. The lowest BCUT2D eigenvalue weighted by molar-refractivity contribution is 0.628. The second-order valence-corrected chi connectivity index (χ2v) is 4.69. The molecule has 2 heteroatoms. The van der Waals surface area contributed by atoms with Gasteiger partial charge >= 0.3 is 0 Å².